The average Bonchev–Trinajstić information content (AvgIpc) is 3.39. The quantitative estimate of drug-likeness (QED) is 0.588. The molecule has 0 aliphatic carbocycles. The molecular weight excluding hydrogens is 330 g/mol. The van der Waals surface area contributed by atoms with Gasteiger partial charge in [-0.05, 0) is 18.6 Å². The van der Waals surface area contributed by atoms with Crippen molar-refractivity contribution in [2.24, 2.45) is 0 Å². The van der Waals surface area contributed by atoms with E-state index in [2.05, 4.69) is 30.4 Å². The van der Waals surface area contributed by atoms with E-state index < -0.39 is 0 Å². The average molecular weight is 347 g/mol. The van der Waals surface area contributed by atoms with Crippen molar-refractivity contribution in [2.75, 3.05) is 18.0 Å². The molecule has 4 heterocycles. The molecule has 1 amide bonds. The van der Waals surface area contributed by atoms with Gasteiger partial charge in [0.1, 0.15) is 12.0 Å². The minimum atomic E-state index is -0.0818. The van der Waals surface area contributed by atoms with Gasteiger partial charge >= 0.3 is 0 Å². The summed E-state index contributed by atoms with van der Waals surface area (Å²) in [5, 5.41) is 12.2. The van der Waals surface area contributed by atoms with Gasteiger partial charge in [-0.3, -0.25) is 9.20 Å². The van der Waals surface area contributed by atoms with Crippen molar-refractivity contribution in [3.8, 4) is 0 Å². The third-order valence-corrected chi connectivity index (χ3v) is 4.79. The fourth-order valence-corrected chi connectivity index (χ4v) is 3.50. The molecule has 1 saturated heterocycles. The maximum absolute atomic E-state index is 12.6. The molecule has 8 nitrogen and oxygen atoms in total. The second-order valence-corrected chi connectivity index (χ2v) is 6.49. The SMILES string of the molecule is O=C(NC1CCN(c2nccn3cnnc23)C1)c1cc2ccccc2[nH]1. The van der Waals surface area contributed by atoms with Gasteiger partial charge in [0.2, 0.25) is 5.65 Å². The topological polar surface area (TPSA) is 91.2 Å². The van der Waals surface area contributed by atoms with Gasteiger partial charge in [0.25, 0.3) is 5.91 Å². The Morgan fingerprint density at radius 2 is 2.23 bits per heavy atom. The highest BCUT2D eigenvalue weighted by atomic mass is 16.2. The zero-order valence-electron chi connectivity index (χ0n) is 14.0. The molecule has 1 atom stereocenters. The summed E-state index contributed by atoms with van der Waals surface area (Å²) in [6.45, 7) is 1.52. The van der Waals surface area contributed by atoms with Crippen LogP contribution >= 0.6 is 0 Å². The molecule has 1 aromatic carbocycles. The number of benzene rings is 1. The largest absolute Gasteiger partial charge is 0.351 e. The summed E-state index contributed by atoms with van der Waals surface area (Å²) < 4.78 is 1.85. The zero-order chi connectivity index (χ0) is 17.5. The molecule has 26 heavy (non-hydrogen) atoms. The number of fused-ring (bicyclic) bond motifs is 2. The normalized spacial score (nSPS) is 17.2. The second-order valence-electron chi connectivity index (χ2n) is 6.49. The molecule has 5 rings (SSSR count). The van der Waals surface area contributed by atoms with E-state index in [0.717, 1.165) is 35.3 Å². The van der Waals surface area contributed by atoms with Gasteiger partial charge in [-0.2, -0.15) is 0 Å². The van der Waals surface area contributed by atoms with Crippen LogP contribution in [0.5, 0.6) is 0 Å². The lowest BCUT2D eigenvalue weighted by molar-refractivity contribution is 0.0936. The molecule has 0 spiro atoms. The Morgan fingerprint density at radius 1 is 1.31 bits per heavy atom. The number of rotatable bonds is 3. The van der Waals surface area contributed by atoms with E-state index >= 15 is 0 Å². The van der Waals surface area contributed by atoms with Gasteiger partial charge in [0, 0.05) is 42.4 Å². The fourth-order valence-electron chi connectivity index (χ4n) is 3.50. The first-order valence-corrected chi connectivity index (χ1v) is 8.56. The van der Waals surface area contributed by atoms with Crippen LogP contribution in [-0.4, -0.2) is 49.6 Å². The smallest absolute Gasteiger partial charge is 0.268 e. The van der Waals surface area contributed by atoms with E-state index in [0.29, 0.717) is 12.2 Å². The van der Waals surface area contributed by atoms with Crippen molar-refractivity contribution in [3.05, 3.63) is 54.7 Å². The van der Waals surface area contributed by atoms with Crippen LogP contribution in [0.1, 0.15) is 16.9 Å². The van der Waals surface area contributed by atoms with Crippen molar-refractivity contribution >= 4 is 28.3 Å². The minimum Gasteiger partial charge on any atom is -0.351 e. The van der Waals surface area contributed by atoms with Gasteiger partial charge in [0.05, 0.1) is 0 Å². The van der Waals surface area contributed by atoms with Crippen LogP contribution in [0.25, 0.3) is 16.6 Å². The van der Waals surface area contributed by atoms with Crippen LogP contribution in [-0.2, 0) is 0 Å². The van der Waals surface area contributed by atoms with E-state index in [1.54, 1.807) is 12.5 Å². The lowest BCUT2D eigenvalue weighted by atomic mass is 10.2. The number of carbonyl (C=O) groups is 1. The van der Waals surface area contributed by atoms with Crippen molar-refractivity contribution in [2.45, 2.75) is 12.5 Å². The lowest BCUT2D eigenvalue weighted by Gasteiger charge is -2.17. The highest BCUT2D eigenvalue weighted by molar-refractivity contribution is 5.98. The van der Waals surface area contributed by atoms with E-state index in [1.807, 2.05) is 40.9 Å². The number of aromatic nitrogens is 5. The molecule has 0 saturated carbocycles. The van der Waals surface area contributed by atoms with Gasteiger partial charge in [0.15, 0.2) is 5.82 Å². The van der Waals surface area contributed by atoms with Crippen molar-refractivity contribution in [3.63, 3.8) is 0 Å². The molecule has 130 valence electrons. The number of anilines is 1. The number of amides is 1. The van der Waals surface area contributed by atoms with Gasteiger partial charge in [-0.1, -0.05) is 18.2 Å². The summed E-state index contributed by atoms with van der Waals surface area (Å²) in [4.78, 5) is 22.3. The van der Waals surface area contributed by atoms with Crippen molar-refractivity contribution in [1.82, 2.24) is 29.9 Å². The number of carbonyl (C=O) groups excluding carboxylic acids is 1. The molecule has 1 unspecified atom stereocenters. The maximum atomic E-state index is 12.6. The van der Waals surface area contributed by atoms with Gasteiger partial charge in [-0.25, -0.2) is 4.98 Å². The molecule has 0 bridgehead atoms. The number of H-pyrrole nitrogens is 1. The third-order valence-electron chi connectivity index (χ3n) is 4.79. The fraction of sp³-hybridized carbons (Fsp3) is 0.222. The monoisotopic (exact) mass is 347 g/mol. The first-order chi connectivity index (χ1) is 12.8. The summed E-state index contributed by atoms with van der Waals surface area (Å²) in [6, 6.07) is 9.83. The molecule has 2 N–H and O–H groups in total. The van der Waals surface area contributed by atoms with Crippen LogP contribution < -0.4 is 10.2 Å². The van der Waals surface area contributed by atoms with E-state index in [1.165, 1.54) is 0 Å². The summed E-state index contributed by atoms with van der Waals surface area (Å²) >= 11 is 0. The Morgan fingerprint density at radius 3 is 3.15 bits per heavy atom. The van der Waals surface area contributed by atoms with Gasteiger partial charge < -0.3 is 15.2 Å². The second kappa shape index (κ2) is 5.83. The first kappa shape index (κ1) is 14.9. The minimum absolute atomic E-state index is 0.0684. The van der Waals surface area contributed by atoms with Crippen LogP contribution in [0.3, 0.4) is 0 Å². The van der Waals surface area contributed by atoms with E-state index in [4.69, 9.17) is 0 Å². The van der Waals surface area contributed by atoms with Gasteiger partial charge in [-0.15, -0.1) is 10.2 Å². The maximum Gasteiger partial charge on any atom is 0.268 e. The van der Waals surface area contributed by atoms with Crippen LogP contribution in [0.4, 0.5) is 5.82 Å². The number of hydrogen-bond donors (Lipinski definition) is 2. The van der Waals surface area contributed by atoms with E-state index in [9.17, 15) is 4.79 Å². The Hall–Kier alpha value is -3.42. The Labute approximate surface area is 148 Å². The van der Waals surface area contributed by atoms with Crippen molar-refractivity contribution < 1.29 is 4.79 Å². The Kier molecular flexibility index (Phi) is 3.34. The molecule has 8 heteroatoms. The molecule has 3 aromatic heterocycles. The molecule has 4 aromatic rings. The molecule has 0 radical (unpaired) electrons. The number of hydrogen-bond acceptors (Lipinski definition) is 5. The lowest BCUT2D eigenvalue weighted by Crippen LogP contribution is -2.37. The summed E-state index contributed by atoms with van der Waals surface area (Å²) in [7, 11) is 0. The predicted molar refractivity (Wildman–Crippen MR) is 97.2 cm³/mol. The van der Waals surface area contributed by atoms with E-state index in [-0.39, 0.29) is 11.9 Å². The van der Waals surface area contributed by atoms with Crippen LogP contribution in [0, 0.1) is 0 Å². The standard InChI is InChI=1S/C18H17N7O/c26-18(15-9-12-3-1-2-4-14(12)22-15)21-13-5-7-24(10-13)16-17-23-20-11-25(17)8-6-19-16/h1-4,6,8-9,11,13,22H,5,7,10H2,(H,21,26). The Bertz CT molecular complexity index is 1070. The number of para-hydroxylation sites is 1. The molecule has 1 aliphatic rings. The van der Waals surface area contributed by atoms with Crippen LogP contribution in [0.15, 0.2) is 49.1 Å². The van der Waals surface area contributed by atoms with Crippen molar-refractivity contribution in [1.29, 1.82) is 0 Å². The highest BCUT2D eigenvalue weighted by Crippen LogP contribution is 2.22. The Balaban J connectivity index is 1.31. The molecular formula is C18H17N7O. The first-order valence-electron chi connectivity index (χ1n) is 8.56. The zero-order valence-corrected chi connectivity index (χ0v) is 14.0. The number of nitrogens with zero attached hydrogens (tertiary/aromatic N) is 5. The molecule has 1 fully saturated rings. The summed E-state index contributed by atoms with van der Waals surface area (Å²) in [5.74, 6) is 0.717. The number of aromatic amines is 1. The highest BCUT2D eigenvalue weighted by Gasteiger charge is 2.27. The summed E-state index contributed by atoms with van der Waals surface area (Å²) in [5.41, 5.74) is 2.28. The molecule has 1 aliphatic heterocycles. The van der Waals surface area contributed by atoms with Crippen LogP contribution in [0.2, 0.25) is 0 Å². The number of nitrogens with one attached hydrogen (secondary N) is 2. The third kappa shape index (κ3) is 2.46. The summed E-state index contributed by atoms with van der Waals surface area (Å²) in [6.07, 6.45) is 6.08. The predicted octanol–water partition coefficient (Wildman–Crippen LogP) is 1.61.